The van der Waals surface area contributed by atoms with Crippen LogP contribution in [0.4, 0.5) is 22.1 Å². The predicted octanol–water partition coefficient (Wildman–Crippen LogP) is 5.29. The number of para-hydroxylation sites is 1. The molecule has 2 aromatic carbocycles. The van der Waals surface area contributed by atoms with Crippen LogP contribution < -0.4 is 16.0 Å². The molecule has 1 aliphatic heterocycles. The van der Waals surface area contributed by atoms with E-state index in [1.54, 1.807) is 10.3 Å². The van der Waals surface area contributed by atoms with Crippen molar-refractivity contribution in [2.45, 2.75) is 12.8 Å². The molecule has 0 radical (unpaired) electrons. The number of nitrogens with one attached hydrogen (secondary N) is 1. The van der Waals surface area contributed by atoms with Gasteiger partial charge in [0.05, 0.1) is 26.1 Å². The summed E-state index contributed by atoms with van der Waals surface area (Å²) >= 11 is 2.40. The van der Waals surface area contributed by atoms with E-state index in [1.807, 2.05) is 30.3 Å². The standard InChI is InChI=1S/C24H18N4O5S2/c25-22-19(23(31)26-13-6-8-15(9-7-13)28(32)33)16-10-11-17(29)20(21(16)35-22)24-27(18(30)12-34-24)14-4-2-1-3-5-14/h1-9,12,30H,10-11,25H2,(H,26,31). The molecular weight excluding hydrogens is 488 g/mol. The van der Waals surface area contributed by atoms with Crippen LogP contribution in [0.15, 0.2) is 70.9 Å². The number of hydrogen-bond acceptors (Lipinski definition) is 9. The van der Waals surface area contributed by atoms with E-state index in [-0.39, 0.29) is 28.8 Å². The summed E-state index contributed by atoms with van der Waals surface area (Å²) in [6, 6.07) is 14.7. The van der Waals surface area contributed by atoms with E-state index >= 15 is 0 Å². The first-order valence-electron chi connectivity index (χ1n) is 10.5. The highest BCUT2D eigenvalue weighted by atomic mass is 32.2. The van der Waals surface area contributed by atoms with E-state index in [0.717, 1.165) is 11.3 Å². The van der Waals surface area contributed by atoms with Crippen LogP contribution in [-0.4, -0.2) is 21.7 Å². The molecule has 2 aliphatic rings. The molecule has 1 amide bonds. The molecule has 2 heterocycles. The maximum atomic E-state index is 13.1. The average molecular weight is 507 g/mol. The van der Waals surface area contributed by atoms with Crippen LogP contribution in [0.3, 0.4) is 0 Å². The number of aliphatic hydroxyl groups is 1. The van der Waals surface area contributed by atoms with E-state index in [1.165, 1.54) is 36.0 Å². The summed E-state index contributed by atoms with van der Waals surface area (Å²) in [6.07, 6.45) is 0.556. The lowest BCUT2D eigenvalue weighted by Crippen LogP contribution is -2.22. The molecule has 0 spiro atoms. The fourth-order valence-corrected chi connectivity index (χ4v) is 6.26. The quantitative estimate of drug-likeness (QED) is 0.247. The number of fused-ring (bicyclic) bond motifs is 1. The van der Waals surface area contributed by atoms with Crippen molar-refractivity contribution in [1.82, 2.24) is 0 Å². The van der Waals surface area contributed by atoms with Gasteiger partial charge < -0.3 is 16.2 Å². The largest absolute Gasteiger partial charge is 0.494 e. The van der Waals surface area contributed by atoms with E-state index in [2.05, 4.69) is 5.32 Å². The highest BCUT2D eigenvalue weighted by Crippen LogP contribution is 2.48. The number of thiophene rings is 1. The summed E-state index contributed by atoms with van der Waals surface area (Å²) in [5.74, 6) is -0.538. The molecule has 0 atom stereocenters. The van der Waals surface area contributed by atoms with Crippen molar-refractivity contribution in [2.24, 2.45) is 0 Å². The zero-order valence-electron chi connectivity index (χ0n) is 18.1. The number of thioether (sulfide) groups is 1. The van der Waals surface area contributed by atoms with Gasteiger partial charge in [-0.05, 0) is 36.2 Å². The highest BCUT2D eigenvalue weighted by molar-refractivity contribution is 8.06. The van der Waals surface area contributed by atoms with E-state index < -0.39 is 10.8 Å². The third kappa shape index (κ3) is 4.04. The Kier molecular flexibility index (Phi) is 5.79. The summed E-state index contributed by atoms with van der Waals surface area (Å²) < 4.78 is 0. The van der Waals surface area contributed by atoms with Gasteiger partial charge >= 0.3 is 0 Å². The van der Waals surface area contributed by atoms with Crippen molar-refractivity contribution < 1.29 is 19.6 Å². The van der Waals surface area contributed by atoms with Crippen LogP contribution in [0, 0.1) is 10.1 Å². The number of carbonyl (C=O) groups excluding carboxylic acids is 2. The molecule has 3 aromatic rings. The minimum Gasteiger partial charge on any atom is -0.494 e. The van der Waals surface area contributed by atoms with Gasteiger partial charge in [0, 0.05) is 40.2 Å². The fraction of sp³-hybridized carbons (Fsp3) is 0.0833. The Balaban J connectivity index is 1.54. The molecule has 0 bridgehead atoms. The number of Topliss-reactive ketones (excluding diaryl/α,β-unsaturated/α-hetero) is 1. The minimum atomic E-state index is -0.517. The van der Waals surface area contributed by atoms with Gasteiger partial charge in [0.15, 0.2) is 5.78 Å². The van der Waals surface area contributed by atoms with Crippen molar-refractivity contribution in [3.63, 3.8) is 0 Å². The van der Waals surface area contributed by atoms with Gasteiger partial charge in [0.25, 0.3) is 11.6 Å². The Morgan fingerprint density at radius 1 is 1.11 bits per heavy atom. The van der Waals surface area contributed by atoms with Gasteiger partial charge in [-0.2, -0.15) is 0 Å². The van der Waals surface area contributed by atoms with Gasteiger partial charge in [0.2, 0.25) is 5.88 Å². The zero-order valence-corrected chi connectivity index (χ0v) is 19.7. The molecule has 0 unspecified atom stereocenters. The lowest BCUT2D eigenvalue weighted by molar-refractivity contribution is -0.384. The summed E-state index contributed by atoms with van der Waals surface area (Å²) in [4.78, 5) is 38.8. The van der Waals surface area contributed by atoms with Crippen LogP contribution in [0.5, 0.6) is 0 Å². The molecule has 5 rings (SSSR count). The number of benzene rings is 2. The van der Waals surface area contributed by atoms with Crippen LogP contribution in [-0.2, 0) is 11.2 Å². The number of hydrogen-bond donors (Lipinski definition) is 3. The third-order valence-electron chi connectivity index (χ3n) is 5.64. The number of nitrogen functional groups attached to an aromatic ring is 1. The molecule has 4 N–H and O–H groups in total. The molecule has 1 aliphatic carbocycles. The molecule has 11 heteroatoms. The van der Waals surface area contributed by atoms with Gasteiger partial charge in [-0.1, -0.05) is 30.0 Å². The van der Waals surface area contributed by atoms with Crippen LogP contribution in [0.25, 0.3) is 5.57 Å². The minimum absolute atomic E-state index is 0.00397. The Morgan fingerprint density at radius 3 is 2.51 bits per heavy atom. The number of aliphatic hydroxyl groups excluding tert-OH is 1. The Labute approximate surface area is 207 Å². The van der Waals surface area contributed by atoms with Gasteiger partial charge in [-0.15, -0.1) is 11.3 Å². The lowest BCUT2D eigenvalue weighted by Gasteiger charge is -2.24. The number of carbonyl (C=O) groups is 2. The summed E-state index contributed by atoms with van der Waals surface area (Å²) in [7, 11) is 0. The van der Waals surface area contributed by atoms with Gasteiger partial charge in [-0.25, -0.2) is 0 Å². The number of rotatable bonds is 4. The smallest absolute Gasteiger partial charge is 0.269 e. The fourth-order valence-electron chi connectivity index (χ4n) is 4.06. The topological polar surface area (TPSA) is 139 Å². The molecule has 176 valence electrons. The van der Waals surface area contributed by atoms with Gasteiger partial charge in [0.1, 0.15) is 0 Å². The summed E-state index contributed by atoms with van der Waals surface area (Å²) in [6.45, 7) is 0. The normalized spacial score (nSPS) is 17.2. The zero-order chi connectivity index (χ0) is 24.7. The molecule has 1 aromatic heterocycles. The number of non-ortho nitro benzene ring substituents is 1. The molecule has 35 heavy (non-hydrogen) atoms. The number of nitrogens with zero attached hydrogens (tertiary/aromatic N) is 2. The number of anilines is 3. The van der Waals surface area contributed by atoms with E-state index in [9.17, 15) is 24.8 Å². The van der Waals surface area contributed by atoms with Crippen molar-refractivity contribution in [2.75, 3.05) is 16.0 Å². The molecule has 0 saturated heterocycles. The second-order valence-electron chi connectivity index (χ2n) is 7.78. The molecule has 9 nitrogen and oxygen atoms in total. The predicted molar refractivity (Wildman–Crippen MR) is 137 cm³/mol. The molecule has 0 saturated carbocycles. The SMILES string of the molecule is Nc1sc2c(c1C(=O)Nc1ccc([N+](=O)[O-])cc1)CCC(=O)C2=C1SC=C(O)N1c1ccccc1. The number of nitrogens with two attached hydrogens (primary N) is 1. The number of ketones is 1. The average Bonchev–Trinajstić information content (AvgIpc) is 3.38. The second-order valence-corrected chi connectivity index (χ2v) is 9.69. The Morgan fingerprint density at radius 2 is 1.83 bits per heavy atom. The van der Waals surface area contributed by atoms with Crippen LogP contribution >= 0.6 is 23.1 Å². The number of allylic oxidation sites excluding steroid dienone is 1. The van der Waals surface area contributed by atoms with Crippen molar-refractivity contribution in [3.8, 4) is 0 Å². The van der Waals surface area contributed by atoms with E-state index in [4.69, 9.17) is 5.73 Å². The van der Waals surface area contributed by atoms with Gasteiger partial charge in [-0.3, -0.25) is 24.6 Å². The molecular formula is C24H18N4O5S2. The second kappa shape index (κ2) is 8.93. The third-order valence-corrected chi connectivity index (χ3v) is 7.66. The monoisotopic (exact) mass is 506 g/mol. The first kappa shape index (κ1) is 22.7. The maximum absolute atomic E-state index is 13.1. The van der Waals surface area contributed by atoms with Crippen LogP contribution in [0.2, 0.25) is 0 Å². The van der Waals surface area contributed by atoms with Crippen LogP contribution in [0.1, 0.15) is 27.2 Å². The van der Waals surface area contributed by atoms with Crippen molar-refractivity contribution in [1.29, 1.82) is 0 Å². The van der Waals surface area contributed by atoms with E-state index in [0.29, 0.717) is 44.4 Å². The first-order chi connectivity index (χ1) is 16.8. The highest BCUT2D eigenvalue weighted by Gasteiger charge is 2.36. The number of amides is 1. The Hall–Kier alpha value is -4.09. The summed E-state index contributed by atoms with van der Waals surface area (Å²) in [5, 5.41) is 26.5. The number of nitro groups is 1. The van der Waals surface area contributed by atoms with Crippen molar-refractivity contribution in [3.05, 3.63) is 97.0 Å². The Bertz CT molecular complexity index is 1430. The number of nitro benzene ring substituents is 1. The molecule has 0 fully saturated rings. The maximum Gasteiger partial charge on any atom is 0.269 e. The first-order valence-corrected chi connectivity index (χ1v) is 12.2. The lowest BCUT2D eigenvalue weighted by atomic mass is 9.90. The summed E-state index contributed by atoms with van der Waals surface area (Å²) in [5.41, 5.74) is 8.67. The van der Waals surface area contributed by atoms with Crippen molar-refractivity contribution >= 4 is 62.4 Å².